The number of ether oxygens (including phenoxy) is 1. The first-order valence-electron chi connectivity index (χ1n) is 7.14. The molecule has 0 aliphatic rings. The minimum Gasteiger partial charge on any atom is -0.451 e. The average Bonchev–Trinajstić information content (AvgIpc) is 2.99. The van der Waals surface area contributed by atoms with Gasteiger partial charge in [-0.05, 0) is 35.4 Å². The number of fused-ring (bicyclic) bond motifs is 1. The van der Waals surface area contributed by atoms with Crippen LogP contribution in [0, 0.1) is 6.92 Å². The molecule has 0 saturated carbocycles. The van der Waals surface area contributed by atoms with Crippen molar-refractivity contribution in [3.63, 3.8) is 0 Å². The molecular weight excluding hydrogens is 310 g/mol. The largest absolute Gasteiger partial charge is 0.451 e. The lowest BCUT2D eigenvalue weighted by atomic mass is 10.1. The summed E-state index contributed by atoms with van der Waals surface area (Å²) in [5.41, 5.74) is 1.56. The Bertz CT molecular complexity index is 864. The molecule has 0 atom stereocenters. The molecule has 0 aliphatic carbocycles. The molecule has 1 heterocycles. The van der Waals surface area contributed by atoms with Gasteiger partial charge in [0.05, 0.1) is 0 Å². The Morgan fingerprint density at radius 1 is 1.09 bits per heavy atom. The zero-order valence-electron chi connectivity index (χ0n) is 12.5. The van der Waals surface area contributed by atoms with Crippen molar-refractivity contribution in [3.05, 3.63) is 64.4 Å². The minimum absolute atomic E-state index is 0.306. The molecule has 116 valence electrons. The molecule has 0 radical (unpaired) electrons. The summed E-state index contributed by atoms with van der Waals surface area (Å²) in [6, 6.07) is 15.3. The maximum absolute atomic E-state index is 12.0. The zero-order chi connectivity index (χ0) is 16.2. The highest BCUT2D eigenvalue weighted by Gasteiger charge is 2.14. The maximum Gasteiger partial charge on any atom is 0.349 e. The molecule has 0 bridgehead atoms. The van der Waals surface area contributed by atoms with Crippen LogP contribution in [0.25, 0.3) is 10.8 Å². The Hall–Kier alpha value is -2.66. The summed E-state index contributed by atoms with van der Waals surface area (Å²) in [7, 11) is 0. The Morgan fingerprint density at radius 3 is 2.65 bits per heavy atom. The van der Waals surface area contributed by atoms with E-state index < -0.39 is 5.97 Å². The molecular formula is C18H15NO3S. The number of esters is 1. The monoisotopic (exact) mass is 325 g/mol. The smallest absolute Gasteiger partial charge is 0.349 e. The van der Waals surface area contributed by atoms with Crippen LogP contribution in [0.15, 0.2) is 53.9 Å². The molecule has 23 heavy (non-hydrogen) atoms. The number of benzene rings is 2. The van der Waals surface area contributed by atoms with E-state index in [-0.39, 0.29) is 12.5 Å². The fourth-order valence-corrected chi connectivity index (χ4v) is 3.12. The average molecular weight is 325 g/mol. The number of hydrogen-bond acceptors (Lipinski definition) is 4. The number of aryl methyl sites for hydroxylation is 1. The van der Waals surface area contributed by atoms with Crippen LogP contribution >= 0.6 is 11.3 Å². The number of nitrogens with one attached hydrogen (secondary N) is 1. The number of anilines is 1. The topological polar surface area (TPSA) is 55.4 Å². The lowest BCUT2D eigenvalue weighted by Gasteiger charge is -2.09. The van der Waals surface area contributed by atoms with E-state index in [1.54, 1.807) is 0 Å². The van der Waals surface area contributed by atoms with Crippen molar-refractivity contribution in [2.45, 2.75) is 6.92 Å². The van der Waals surface area contributed by atoms with Gasteiger partial charge in [-0.15, -0.1) is 11.3 Å². The quantitative estimate of drug-likeness (QED) is 0.738. The third kappa shape index (κ3) is 3.40. The highest BCUT2D eigenvalue weighted by Crippen LogP contribution is 2.23. The zero-order valence-corrected chi connectivity index (χ0v) is 13.4. The van der Waals surface area contributed by atoms with Gasteiger partial charge in [-0.2, -0.15) is 0 Å². The van der Waals surface area contributed by atoms with Gasteiger partial charge >= 0.3 is 5.97 Å². The fourth-order valence-electron chi connectivity index (χ4n) is 2.30. The summed E-state index contributed by atoms with van der Waals surface area (Å²) >= 11 is 1.31. The molecule has 5 heteroatoms. The second-order valence-corrected chi connectivity index (χ2v) is 6.00. The summed E-state index contributed by atoms with van der Waals surface area (Å²) < 4.78 is 5.07. The van der Waals surface area contributed by atoms with E-state index in [1.165, 1.54) is 11.3 Å². The van der Waals surface area contributed by atoms with Crippen LogP contribution in [-0.4, -0.2) is 18.5 Å². The van der Waals surface area contributed by atoms with Crippen LogP contribution in [0.2, 0.25) is 0 Å². The van der Waals surface area contributed by atoms with Gasteiger partial charge in [-0.25, -0.2) is 4.79 Å². The van der Waals surface area contributed by atoms with Gasteiger partial charge in [0.1, 0.15) is 4.88 Å². The van der Waals surface area contributed by atoms with Crippen molar-refractivity contribution in [1.29, 1.82) is 0 Å². The normalized spacial score (nSPS) is 10.5. The lowest BCUT2D eigenvalue weighted by molar-refractivity contribution is -0.119. The third-order valence-electron chi connectivity index (χ3n) is 3.45. The van der Waals surface area contributed by atoms with E-state index in [0.29, 0.717) is 10.6 Å². The minimum atomic E-state index is -0.467. The molecule has 0 saturated heterocycles. The highest BCUT2D eigenvalue weighted by molar-refractivity contribution is 7.12. The number of carbonyl (C=O) groups is 2. The van der Waals surface area contributed by atoms with Gasteiger partial charge in [0.2, 0.25) is 0 Å². The van der Waals surface area contributed by atoms with Gasteiger partial charge < -0.3 is 10.1 Å². The van der Waals surface area contributed by atoms with Crippen LogP contribution in [-0.2, 0) is 9.53 Å². The van der Waals surface area contributed by atoms with E-state index in [1.807, 2.05) is 60.8 Å². The van der Waals surface area contributed by atoms with Crippen molar-refractivity contribution >= 4 is 39.7 Å². The predicted octanol–water partition coefficient (Wildman–Crippen LogP) is 4.01. The molecule has 1 aromatic heterocycles. The molecule has 2 aromatic carbocycles. The molecule has 3 rings (SSSR count). The van der Waals surface area contributed by atoms with Gasteiger partial charge in [0.25, 0.3) is 5.91 Å². The van der Waals surface area contributed by atoms with Crippen molar-refractivity contribution in [2.24, 2.45) is 0 Å². The maximum atomic E-state index is 12.0. The van der Waals surface area contributed by atoms with Crippen LogP contribution in [0.3, 0.4) is 0 Å². The van der Waals surface area contributed by atoms with E-state index in [4.69, 9.17) is 4.74 Å². The van der Waals surface area contributed by atoms with Gasteiger partial charge in [0.15, 0.2) is 6.61 Å². The van der Waals surface area contributed by atoms with Crippen LogP contribution in [0.1, 0.15) is 15.2 Å². The second-order valence-electron chi connectivity index (χ2n) is 5.08. The number of thiophene rings is 1. The highest BCUT2D eigenvalue weighted by atomic mass is 32.1. The first-order chi connectivity index (χ1) is 11.1. The Morgan fingerprint density at radius 2 is 1.87 bits per heavy atom. The van der Waals surface area contributed by atoms with Gasteiger partial charge in [0, 0.05) is 11.1 Å². The van der Waals surface area contributed by atoms with Crippen LogP contribution < -0.4 is 5.32 Å². The molecule has 3 aromatic rings. The lowest BCUT2D eigenvalue weighted by Crippen LogP contribution is -2.21. The van der Waals surface area contributed by atoms with E-state index in [0.717, 1.165) is 16.3 Å². The van der Waals surface area contributed by atoms with Crippen LogP contribution in [0.4, 0.5) is 5.69 Å². The Labute approximate surface area is 137 Å². The van der Waals surface area contributed by atoms with Crippen molar-refractivity contribution in [1.82, 2.24) is 0 Å². The molecule has 0 fully saturated rings. The molecule has 0 spiro atoms. The van der Waals surface area contributed by atoms with Crippen molar-refractivity contribution in [2.75, 3.05) is 11.9 Å². The Balaban J connectivity index is 1.65. The third-order valence-corrected chi connectivity index (χ3v) is 4.44. The summed E-state index contributed by atoms with van der Waals surface area (Å²) in [4.78, 5) is 24.5. The number of rotatable bonds is 4. The molecule has 4 nitrogen and oxygen atoms in total. The first kappa shape index (κ1) is 15.2. The van der Waals surface area contributed by atoms with Gasteiger partial charge in [-0.3, -0.25) is 4.79 Å². The SMILES string of the molecule is Cc1ccsc1C(=O)OCC(=O)Nc1cccc2ccccc12. The van der Waals surface area contributed by atoms with Crippen molar-refractivity contribution in [3.8, 4) is 0 Å². The molecule has 1 N–H and O–H groups in total. The van der Waals surface area contributed by atoms with Crippen LogP contribution in [0.5, 0.6) is 0 Å². The molecule has 1 amide bonds. The summed E-state index contributed by atoms with van der Waals surface area (Å²) in [5, 5.41) is 6.60. The number of hydrogen-bond donors (Lipinski definition) is 1. The number of carbonyl (C=O) groups excluding carboxylic acids is 2. The van der Waals surface area contributed by atoms with Gasteiger partial charge in [-0.1, -0.05) is 36.4 Å². The summed E-state index contributed by atoms with van der Waals surface area (Å²) in [6.45, 7) is 1.53. The second kappa shape index (κ2) is 6.62. The van der Waals surface area contributed by atoms with Crippen molar-refractivity contribution < 1.29 is 14.3 Å². The van der Waals surface area contributed by atoms with E-state index in [2.05, 4.69) is 5.32 Å². The molecule has 0 unspecified atom stereocenters. The number of amides is 1. The van der Waals surface area contributed by atoms with E-state index in [9.17, 15) is 9.59 Å². The predicted molar refractivity (Wildman–Crippen MR) is 91.9 cm³/mol. The molecule has 0 aliphatic heterocycles. The Kier molecular flexibility index (Phi) is 4.39. The fraction of sp³-hybridized carbons (Fsp3) is 0.111. The first-order valence-corrected chi connectivity index (χ1v) is 8.02. The van der Waals surface area contributed by atoms with E-state index >= 15 is 0 Å². The standard InChI is InChI=1S/C18H15NO3S/c1-12-9-10-23-17(12)18(21)22-11-16(20)19-15-8-4-6-13-5-2-3-7-14(13)15/h2-10H,11H2,1H3,(H,19,20). The summed E-state index contributed by atoms with van der Waals surface area (Å²) in [6.07, 6.45) is 0. The summed E-state index contributed by atoms with van der Waals surface area (Å²) in [5.74, 6) is -0.825.